The molecule has 2 aliphatic heterocycles. The third-order valence-corrected chi connectivity index (χ3v) is 6.43. The number of nitrogens with zero attached hydrogens (tertiary/aromatic N) is 2. The standard InChI is InChI=1S/C25H21ClN2O3/c1-15-11-13-17(14-12-15)22-21-23(31-28(22)18-7-4-3-5-8-18)25(30)27(24(21)29)20-10-6-9-19(26)16(20)2/h3-14,21-23H,1-2H3/t21-,22-,23+/m0/s1. The molecular formula is C25H21ClN2O3. The molecule has 0 N–H and O–H groups in total. The van der Waals surface area contributed by atoms with Crippen LogP contribution >= 0.6 is 11.6 Å². The first-order valence-corrected chi connectivity index (χ1v) is 10.6. The number of anilines is 2. The van der Waals surface area contributed by atoms with Crippen molar-refractivity contribution >= 4 is 34.8 Å². The zero-order chi connectivity index (χ0) is 21.7. The number of aryl methyl sites for hydroxylation is 1. The zero-order valence-electron chi connectivity index (χ0n) is 17.2. The lowest BCUT2D eigenvalue weighted by Gasteiger charge is -2.29. The van der Waals surface area contributed by atoms with Crippen molar-refractivity contribution in [2.45, 2.75) is 26.0 Å². The molecule has 2 amide bonds. The molecule has 0 unspecified atom stereocenters. The third-order valence-electron chi connectivity index (χ3n) is 6.02. The molecule has 2 heterocycles. The Kier molecular flexibility index (Phi) is 4.80. The van der Waals surface area contributed by atoms with E-state index >= 15 is 0 Å². The Bertz CT molecular complexity index is 1160. The molecule has 6 heteroatoms. The zero-order valence-corrected chi connectivity index (χ0v) is 17.9. The van der Waals surface area contributed by atoms with Gasteiger partial charge in [-0.3, -0.25) is 14.4 Å². The Morgan fingerprint density at radius 1 is 0.839 bits per heavy atom. The van der Waals surface area contributed by atoms with Gasteiger partial charge in [0.2, 0.25) is 5.91 Å². The topological polar surface area (TPSA) is 49.9 Å². The van der Waals surface area contributed by atoms with Gasteiger partial charge < -0.3 is 0 Å². The van der Waals surface area contributed by atoms with Crippen LogP contribution in [0, 0.1) is 19.8 Å². The van der Waals surface area contributed by atoms with Gasteiger partial charge in [-0.05, 0) is 49.2 Å². The van der Waals surface area contributed by atoms with Crippen molar-refractivity contribution in [1.29, 1.82) is 0 Å². The van der Waals surface area contributed by atoms with Crippen LogP contribution in [0.2, 0.25) is 5.02 Å². The van der Waals surface area contributed by atoms with Gasteiger partial charge in [-0.1, -0.05) is 65.7 Å². The number of carbonyl (C=O) groups is 2. The number of benzene rings is 3. The van der Waals surface area contributed by atoms with Gasteiger partial charge in [0.05, 0.1) is 17.4 Å². The van der Waals surface area contributed by atoms with Crippen LogP contribution in [0.15, 0.2) is 72.8 Å². The predicted octanol–water partition coefficient (Wildman–Crippen LogP) is 5.01. The summed E-state index contributed by atoms with van der Waals surface area (Å²) in [6.07, 6.45) is -0.891. The van der Waals surface area contributed by atoms with Gasteiger partial charge in [0, 0.05) is 5.02 Å². The Hall–Kier alpha value is -3.15. The summed E-state index contributed by atoms with van der Waals surface area (Å²) in [6, 6.07) is 22.4. The second-order valence-electron chi connectivity index (χ2n) is 7.96. The lowest BCUT2D eigenvalue weighted by atomic mass is 9.90. The summed E-state index contributed by atoms with van der Waals surface area (Å²) in [4.78, 5) is 34.4. The quantitative estimate of drug-likeness (QED) is 0.546. The average Bonchev–Trinajstić information content (AvgIpc) is 3.28. The molecule has 5 rings (SSSR count). The lowest BCUT2D eigenvalue weighted by molar-refractivity contribution is -0.126. The van der Waals surface area contributed by atoms with Crippen molar-refractivity contribution in [2.24, 2.45) is 5.92 Å². The Morgan fingerprint density at radius 2 is 1.55 bits per heavy atom. The number of rotatable bonds is 3. The molecule has 0 spiro atoms. The minimum atomic E-state index is -0.891. The van der Waals surface area contributed by atoms with E-state index in [0.717, 1.165) is 16.8 Å². The summed E-state index contributed by atoms with van der Waals surface area (Å²) in [5.41, 5.74) is 4.05. The predicted molar refractivity (Wildman–Crippen MR) is 120 cm³/mol. The van der Waals surface area contributed by atoms with E-state index in [9.17, 15) is 9.59 Å². The molecule has 2 saturated heterocycles. The van der Waals surface area contributed by atoms with Gasteiger partial charge in [0.25, 0.3) is 5.91 Å². The first-order chi connectivity index (χ1) is 15.0. The smallest absolute Gasteiger partial charge is 0.266 e. The van der Waals surface area contributed by atoms with E-state index in [2.05, 4.69) is 0 Å². The van der Waals surface area contributed by atoms with Crippen LogP contribution in [0.4, 0.5) is 11.4 Å². The summed E-state index contributed by atoms with van der Waals surface area (Å²) >= 11 is 6.26. The maximum atomic E-state index is 13.6. The van der Waals surface area contributed by atoms with Crippen LogP contribution in [-0.2, 0) is 14.4 Å². The minimum Gasteiger partial charge on any atom is -0.273 e. The van der Waals surface area contributed by atoms with E-state index in [1.165, 1.54) is 4.90 Å². The fourth-order valence-electron chi connectivity index (χ4n) is 4.39. The molecule has 0 aromatic heterocycles. The Labute approximate surface area is 185 Å². The van der Waals surface area contributed by atoms with Gasteiger partial charge in [0.15, 0.2) is 6.10 Å². The summed E-state index contributed by atoms with van der Waals surface area (Å²) < 4.78 is 0. The molecule has 3 atom stereocenters. The van der Waals surface area contributed by atoms with Gasteiger partial charge in [0.1, 0.15) is 5.92 Å². The monoisotopic (exact) mass is 432 g/mol. The number of fused-ring (bicyclic) bond motifs is 1. The first-order valence-electron chi connectivity index (χ1n) is 10.2. The molecule has 0 radical (unpaired) electrons. The minimum absolute atomic E-state index is 0.274. The van der Waals surface area contributed by atoms with Crippen LogP contribution in [0.3, 0.4) is 0 Å². The molecule has 0 bridgehead atoms. The van der Waals surface area contributed by atoms with Crippen LogP contribution in [0.1, 0.15) is 22.7 Å². The fourth-order valence-corrected chi connectivity index (χ4v) is 4.56. The van der Waals surface area contributed by atoms with Crippen LogP contribution in [0.25, 0.3) is 0 Å². The normalized spacial score (nSPS) is 22.9. The van der Waals surface area contributed by atoms with Crippen molar-refractivity contribution in [3.05, 3.63) is 94.5 Å². The fraction of sp³-hybridized carbons (Fsp3) is 0.200. The largest absolute Gasteiger partial charge is 0.273 e. The molecular weight excluding hydrogens is 412 g/mol. The first kappa shape index (κ1) is 19.8. The second-order valence-corrected chi connectivity index (χ2v) is 8.37. The summed E-state index contributed by atoms with van der Waals surface area (Å²) in [5.74, 6) is -1.30. The molecule has 0 saturated carbocycles. The molecule has 2 aliphatic rings. The highest BCUT2D eigenvalue weighted by molar-refractivity contribution is 6.32. The van der Waals surface area contributed by atoms with Crippen LogP contribution in [-0.4, -0.2) is 17.9 Å². The maximum absolute atomic E-state index is 13.6. The molecule has 0 aliphatic carbocycles. The molecule has 2 fully saturated rings. The molecule has 5 nitrogen and oxygen atoms in total. The highest BCUT2D eigenvalue weighted by atomic mass is 35.5. The van der Waals surface area contributed by atoms with Crippen LogP contribution in [0.5, 0.6) is 0 Å². The Balaban J connectivity index is 1.60. The summed E-state index contributed by atoms with van der Waals surface area (Å²) in [7, 11) is 0. The lowest BCUT2D eigenvalue weighted by Crippen LogP contribution is -2.37. The van der Waals surface area contributed by atoms with Crippen LogP contribution < -0.4 is 9.96 Å². The van der Waals surface area contributed by atoms with E-state index in [1.807, 2.05) is 61.5 Å². The maximum Gasteiger partial charge on any atom is 0.266 e. The Morgan fingerprint density at radius 3 is 2.26 bits per heavy atom. The van der Waals surface area contributed by atoms with Crippen molar-refractivity contribution in [1.82, 2.24) is 0 Å². The van der Waals surface area contributed by atoms with Crippen molar-refractivity contribution in [2.75, 3.05) is 9.96 Å². The number of amides is 2. The number of hydrogen-bond donors (Lipinski definition) is 0. The molecule has 156 valence electrons. The molecule has 31 heavy (non-hydrogen) atoms. The van der Waals surface area contributed by atoms with Gasteiger partial charge in [-0.2, -0.15) is 0 Å². The van der Waals surface area contributed by atoms with E-state index in [0.29, 0.717) is 16.3 Å². The van der Waals surface area contributed by atoms with E-state index < -0.39 is 18.1 Å². The van der Waals surface area contributed by atoms with Gasteiger partial charge in [-0.15, -0.1) is 0 Å². The summed E-state index contributed by atoms with van der Waals surface area (Å²) in [6.45, 7) is 3.82. The number of hydrogen-bond acceptors (Lipinski definition) is 4. The van der Waals surface area contributed by atoms with Crippen molar-refractivity contribution in [3.8, 4) is 0 Å². The SMILES string of the molecule is Cc1ccc([C@H]2[C@@H]3C(=O)N(c4cccc(Cl)c4C)C(=O)[C@@H]3ON2c2ccccc2)cc1. The third kappa shape index (κ3) is 3.12. The highest BCUT2D eigenvalue weighted by Gasteiger charge is 2.60. The average molecular weight is 433 g/mol. The second kappa shape index (κ2) is 7.52. The molecule has 3 aromatic rings. The summed E-state index contributed by atoms with van der Waals surface area (Å²) in [5, 5.41) is 2.22. The van der Waals surface area contributed by atoms with Crippen molar-refractivity contribution in [3.63, 3.8) is 0 Å². The number of halogens is 1. The highest BCUT2D eigenvalue weighted by Crippen LogP contribution is 2.48. The van der Waals surface area contributed by atoms with Crippen molar-refractivity contribution < 1.29 is 14.4 Å². The van der Waals surface area contributed by atoms with E-state index in [-0.39, 0.29) is 11.8 Å². The number of para-hydroxylation sites is 1. The van der Waals surface area contributed by atoms with E-state index in [4.69, 9.17) is 16.4 Å². The molecule has 3 aromatic carbocycles. The van der Waals surface area contributed by atoms with Gasteiger partial charge in [-0.25, -0.2) is 9.96 Å². The van der Waals surface area contributed by atoms with E-state index in [1.54, 1.807) is 30.2 Å². The van der Waals surface area contributed by atoms with Gasteiger partial charge >= 0.3 is 0 Å². The number of imide groups is 1. The number of carbonyl (C=O) groups excluding carboxylic acids is 2. The number of hydroxylamine groups is 1.